The molecular weight excluding hydrogens is 461 g/mol. The fourth-order valence-corrected chi connectivity index (χ4v) is 5.39. The van der Waals surface area contributed by atoms with Gasteiger partial charge in [-0.25, -0.2) is 9.29 Å². The smallest absolute Gasteiger partial charge is 0.283 e. The Labute approximate surface area is 208 Å². The van der Waals surface area contributed by atoms with Gasteiger partial charge in [-0.2, -0.15) is 0 Å². The van der Waals surface area contributed by atoms with Crippen LogP contribution in [0.5, 0.6) is 0 Å². The van der Waals surface area contributed by atoms with Gasteiger partial charge in [0, 0.05) is 37.6 Å². The molecule has 0 saturated carbocycles. The molecule has 0 unspecified atom stereocenters. The predicted molar refractivity (Wildman–Crippen MR) is 136 cm³/mol. The maximum atomic E-state index is 13.6. The number of carbonyl (C=O) groups excluding carboxylic acids is 2. The molecule has 0 spiro atoms. The Balaban J connectivity index is 1.40. The normalized spacial score (nSPS) is 17.0. The van der Waals surface area contributed by atoms with E-state index >= 15 is 0 Å². The number of piperazine rings is 1. The molecule has 1 fully saturated rings. The number of halogens is 1. The van der Waals surface area contributed by atoms with Gasteiger partial charge in [0.25, 0.3) is 11.8 Å². The van der Waals surface area contributed by atoms with Gasteiger partial charge in [-0.3, -0.25) is 14.5 Å². The first kappa shape index (κ1) is 23.3. The molecule has 0 radical (unpaired) electrons. The van der Waals surface area contributed by atoms with Crippen molar-refractivity contribution >= 4 is 29.3 Å². The summed E-state index contributed by atoms with van der Waals surface area (Å²) in [6.07, 6.45) is 0. The summed E-state index contributed by atoms with van der Waals surface area (Å²) < 4.78 is 13.5. The molecule has 0 aromatic heterocycles. The maximum Gasteiger partial charge on any atom is 0.283 e. The summed E-state index contributed by atoms with van der Waals surface area (Å²) in [7, 11) is 0. The van der Waals surface area contributed by atoms with E-state index in [0.29, 0.717) is 29.4 Å². The molecule has 2 aliphatic rings. The van der Waals surface area contributed by atoms with Gasteiger partial charge in [-0.05, 0) is 48.9 Å². The first-order valence-electron chi connectivity index (χ1n) is 11.6. The van der Waals surface area contributed by atoms with Crippen molar-refractivity contribution in [1.29, 1.82) is 0 Å². The largest absolute Gasteiger partial charge is 0.363 e. The van der Waals surface area contributed by atoms with Gasteiger partial charge in [-0.15, -0.1) is 0 Å². The molecule has 2 heterocycles. The minimum Gasteiger partial charge on any atom is -0.363 e. The number of anilines is 1. The standard InChI is InChI=1S/C28H26FN3O2S/c1-20-7-13-24(14-8-20)35-26-25(27(33)32(28(26)34)23-11-9-22(29)10-12-23)31-17-15-30(16-18-31)19-21-5-3-2-4-6-21/h2-14H,15-19H2,1H3. The SMILES string of the molecule is Cc1ccc(SC2=C(N3CCN(Cc4ccccc4)CC3)C(=O)N(c3ccc(F)cc3)C2=O)cc1. The van der Waals surface area contributed by atoms with Crippen LogP contribution in [-0.4, -0.2) is 47.8 Å². The number of aryl methyl sites for hydroxylation is 1. The third kappa shape index (κ3) is 5.01. The number of amides is 2. The van der Waals surface area contributed by atoms with Crippen LogP contribution in [0.4, 0.5) is 10.1 Å². The highest BCUT2D eigenvalue weighted by Gasteiger charge is 2.43. The second kappa shape index (κ2) is 10.1. The van der Waals surface area contributed by atoms with E-state index in [9.17, 15) is 14.0 Å². The summed E-state index contributed by atoms with van der Waals surface area (Å²) in [5, 5.41) is 0. The molecule has 178 valence electrons. The minimum atomic E-state index is -0.412. The number of thioether (sulfide) groups is 1. The van der Waals surface area contributed by atoms with Gasteiger partial charge >= 0.3 is 0 Å². The van der Waals surface area contributed by atoms with E-state index < -0.39 is 5.82 Å². The lowest BCUT2D eigenvalue weighted by atomic mass is 10.2. The number of rotatable bonds is 6. The summed E-state index contributed by atoms with van der Waals surface area (Å²) >= 11 is 1.32. The summed E-state index contributed by atoms with van der Waals surface area (Å²) in [5.74, 6) is -1.13. The monoisotopic (exact) mass is 487 g/mol. The lowest BCUT2D eigenvalue weighted by Gasteiger charge is -2.36. The quantitative estimate of drug-likeness (QED) is 0.466. The molecule has 2 amide bonds. The van der Waals surface area contributed by atoms with Gasteiger partial charge in [0.1, 0.15) is 16.4 Å². The first-order chi connectivity index (χ1) is 17.0. The zero-order chi connectivity index (χ0) is 24.4. The number of benzene rings is 3. The second-order valence-corrected chi connectivity index (χ2v) is 9.85. The third-order valence-electron chi connectivity index (χ3n) is 6.28. The Kier molecular flexibility index (Phi) is 6.70. The van der Waals surface area contributed by atoms with Gasteiger partial charge < -0.3 is 4.90 Å². The van der Waals surface area contributed by atoms with Crippen LogP contribution in [-0.2, 0) is 16.1 Å². The molecule has 3 aromatic rings. The van der Waals surface area contributed by atoms with E-state index in [1.165, 1.54) is 46.5 Å². The highest BCUT2D eigenvalue weighted by Crippen LogP contribution is 2.39. The molecular formula is C28H26FN3O2S. The molecule has 0 aliphatic carbocycles. The molecule has 1 saturated heterocycles. The Morgan fingerprint density at radius 3 is 2.11 bits per heavy atom. The van der Waals surface area contributed by atoms with Gasteiger partial charge in [0.15, 0.2) is 0 Å². The van der Waals surface area contributed by atoms with E-state index in [1.54, 1.807) is 0 Å². The van der Waals surface area contributed by atoms with Crippen LogP contribution in [0, 0.1) is 12.7 Å². The Morgan fingerprint density at radius 2 is 1.46 bits per heavy atom. The van der Waals surface area contributed by atoms with Crippen molar-refractivity contribution in [3.63, 3.8) is 0 Å². The molecule has 0 bridgehead atoms. The average Bonchev–Trinajstić information content (AvgIpc) is 3.11. The summed E-state index contributed by atoms with van der Waals surface area (Å²) in [6, 6.07) is 23.7. The molecule has 5 nitrogen and oxygen atoms in total. The Morgan fingerprint density at radius 1 is 0.800 bits per heavy atom. The first-order valence-corrected chi connectivity index (χ1v) is 12.5. The molecule has 7 heteroatoms. The molecule has 0 atom stereocenters. The van der Waals surface area contributed by atoms with Crippen LogP contribution < -0.4 is 4.90 Å². The molecule has 2 aliphatic heterocycles. The van der Waals surface area contributed by atoms with Gasteiger partial charge in [-0.1, -0.05) is 59.8 Å². The van der Waals surface area contributed by atoms with Crippen molar-refractivity contribution in [2.75, 3.05) is 31.1 Å². The number of imide groups is 1. The van der Waals surface area contributed by atoms with E-state index in [-0.39, 0.29) is 11.8 Å². The van der Waals surface area contributed by atoms with Crippen molar-refractivity contribution in [2.45, 2.75) is 18.4 Å². The van der Waals surface area contributed by atoms with Gasteiger partial charge in [0.2, 0.25) is 0 Å². The molecule has 3 aromatic carbocycles. The Bertz CT molecular complexity index is 1250. The Hall–Kier alpha value is -3.42. The summed E-state index contributed by atoms with van der Waals surface area (Å²) in [5.41, 5.74) is 3.19. The molecule has 0 N–H and O–H groups in total. The highest BCUT2D eigenvalue weighted by atomic mass is 32.2. The number of hydrogen-bond acceptors (Lipinski definition) is 5. The average molecular weight is 488 g/mol. The van der Waals surface area contributed by atoms with Crippen LogP contribution in [0.25, 0.3) is 0 Å². The van der Waals surface area contributed by atoms with E-state index in [4.69, 9.17) is 0 Å². The predicted octanol–water partition coefficient (Wildman–Crippen LogP) is 4.83. The maximum absolute atomic E-state index is 13.6. The second-order valence-electron chi connectivity index (χ2n) is 8.76. The fraction of sp³-hybridized carbons (Fsp3) is 0.214. The number of nitrogens with zero attached hydrogens (tertiary/aromatic N) is 3. The van der Waals surface area contributed by atoms with Gasteiger partial charge in [0.05, 0.1) is 5.69 Å². The van der Waals surface area contributed by atoms with E-state index in [1.807, 2.05) is 54.3 Å². The van der Waals surface area contributed by atoms with Crippen LogP contribution in [0.3, 0.4) is 0 Å². The van der Waals surface area contributed by atoms with Crippen LogP contribution >= 0.6 is 11.8 Å². The van der Waals surface area contributed by atoms with E-state index in [2.05, 4.69) is 17.0 Å². The highest BCUT2D eigenvalue weighted by molar-refractivity contribution is 8.04. The fourth-order valence-electron chi connectivity index (χ4n) is 4.39. The van der Waals surface area contributed by atoms with Crippen LogP contribution in [0.15, 0.2) is 94.4 Å². The number of hydrogen-bond donors (Lipinski definition) is 0. The zero-order valence-electron chi connectivity index (χ0n) is 19.5. The van der Waals surface area contributed by atoms with E-state index in [0.717, 1.165) is 30.1 Å². The van der Waals surface area contributed by atoms with Crippen molar-refractivity contribution in [3.8, 4) is 0 Å². The van der Waals surface area contributed by atoms with Crippen molar-refractivity contribution in [3.05, 3.63) is 106 Å². The molecule has 35 heavy (non-hydrogen) atoms. The molecule has 5 rings (SSSR count). The van der Waals surface area contributed by atoms with Crippen LogP contribution in [0.2, 0.25) is 0 Å². The number of carbonyl (C=O) groups is 2. The van der Waals surface area contributed by atoms with Crippen LogP contribution in [0.1, 0.15) is 11.1 Å². The minimum absolute atomic E-state index is 0.354. The van der Waals surface area contributed by atoms with Crippen molar-refractivity contribution in [1.82, 2.24) is 9.80 Å². The lowest BCUT2D eigenvalue weighted by molar-refractivity contribution is -0.121. The third-order valence-corrected chi connectivity index (χ3v) is 7.36. The zero-order valence-corrected chi connectivity index (χ0v) is 20.3. The van der Waals surface area contributed by atoms with Crippen molar-refractivity contribution in [2.24, 2.45) is 0 Å². The lowest BCUT2D eigenvalue weighted by Crippen LogP contribution is -2.47. The summed E-state index contributed by atoms with van der Waals surface area (Å²) in [4.78, 5) is 34.0. The van der Waals surface area contributed by atoms with Crippen molar-refractivity contribution < 1.29 is 14.0 Å². The summed E-state index contributed by atoms with van der Waals surface area (Å²) in [6.45, 7) is 5.74. The topological polar surface area (TPSA) is 43.9 Å².